The van der Waals surface area contributed by atoms with Crippen LogP contribution in [-0.2, 0) is 9.53 Å². The molecule has 1 aromatic carbocycles. The van der Waals surface area contributed by atoms with Gasteiger partial charge in [0.05, 0.1) is 23.4 Å². The summed E-state index contributed by atoms with van der Waals surface area (Å²) in [5, 5.41) is 3.33. The first-order chi connectivity index (χ1) is 10.1. The van der Waals surface area contributed by atoms with E-state index in [4.69, 9.17) is 22.1 Å². The molecule has 1 aliphatic rings. The molecular weight excluding hydrogens is 290 g/mol. The van der Waals surface area contributed by atoms with Crippen LogP contribution in [0.5, 0.6) is 0 Å². The van der Waals surface area contributed by atoms with Gasteiger partial charge in [-0.15, -0.1) is 0 Å². The van der Waals surface area contributed by atoms with E-state index in [1.807, 2.05) is 6.92 Å². The molecule has 1 amide bonds. The Bertz CT molecular complexity index is 490. The van der Waals surface area contributed by atoms with Gasteiger partial charge in [0.2, 0.25) is 5.91 Å². The minimum absolute atomic E-state index is 0.0587. The first kappa shape index (κ1) is 16.1. The van der Waals surface area contributed by atoms with Crippen molar-refractivity contribution in [3.05, 3.63) is 23.2 Å². The van der Waals surface area contributed by atoms with Gasteiger partial charge in [-0.1, -0.05) is 18.5 Å². The molecule has 21 heavy (non-hydrogen) atoms. The number of rotatable bonds is 6. The van der Waals surface area contributed by atoms with Crippen molar-refractivity contribution in [3.63, 3.8) is 0 Å². The number of nitrogens with one attached hydrogen (secondary N) is 1. The number of carbonyl (C=O) groups is 1. The van der Waals surface area contributed by atoms with Crippen LogP contribution >= 0.6 is 11.6 Å². The number of hydrogen-bond donors (Lipinski definition) is 2. The molecule has 0 bridgehead atoms. The van der Waals surface area contributed by atoms with Crippen molar-refractivity contribution in [3.8, 4) is 0 Å². The number of amides is 1. The van der Waals surface area contributed by atoms with E-state index in [9.17, 15) is 4.79 Å². The zero-order valence-electron chi connectivity index (χ0n) is 12.3. The molecule has 0 aliphatic carbocycles. The molecule has 1 aliphatic heterocycles. The van der Waals surface area contributed by atoms with E-state index in [-0.39, 0.29) is 12.0 Å². The predicted molar refractivity (Wildman–Crippen MR) is 85.6 cm³/mol. The van der Waals surface area contributed by atoms with Crippen LogP contribution < -0.4 is 11.1 Å². The SMILES string of the molecule is CCN(CC(=O)Nc1ccc(Cl)c(N)c1)CC1CCCO1. The van der Waals surface area contributed by atoms with Crippen molar-refractivity contribution < 1.29 is 9.53 Å². The number of carbonyl (C=O) groups excluding carboxylic acids is 1. The minimum atomic E-state index is -0.0587. The second-order valence-corrected chi connectivity index (χ2v) is 5.65. The van der Waals surface area contributed by atoms with Crippen LogP contribution in [0.3, 0.4) is 0 Å². The van der Waals surface area contributed by atoms with Crippen LogP contribution in [0.2, 0.25) is 5.02 Å². The molecule has 1 fully saturated rings. The van der Waals surface area contributed by atoms with Crippen LogP contribution in [0.25, 0.3) is 0 Å². The Balaban J connectivity index is 1.85. The average molecular weight is 312 g/mol. The Kier molecular flexibility index (Phi) is 5.85. The summed E-state index contributed by atoms with van der Waals surface area (Å²) in [6.07, 6.45) is 2.44. The molecule has 5 nitrogen and oxygen atoms in total. The highest BCUT2D eigenvalue weighted by Crippen LogP contribution is 2.22. The number of nitrogens with zero attached hydrogens (tertiary/aromatic N) is 1. The van der Waals surface area contributed by atoms with E-state index in [0.29, 0.717) is 22.9 Å². The maximum atomic E-state index is 12.1. The number of hydrogen-bond acceptors (Lipinski definition) is 4. The maximum absolute atomic E-state index is 12.1. The Hall–Kier alpha value is -1.30. The summed E-state index contributed by atoms with van der Waals surface area (Å²) in [6, 6.07) is 5.08. The molecule has 6 heteroatoms. The van der Waals surface area contributed by atoms with Gasteiger partial charge in [-0.25, -0.2) is 0 Å². The second kappa shape index (κ2) is 7.64. The molecule has 1 aromatic rings. The predicted octanol–water partition coefficient (Wildman–Crippen LogP) is 2.36. The number of nitrogen functional groups attached to an aromatic ring is 1. The van der Waals surface area contributed by atoms with Crippen LogP contribution in [0.1, 0.15) is 19.8 Å². The van der Waals surface area contributed by atoms with Crippen LogP contribution in [-0.4, -0.2) is 43.2 Å². The van der Waals surface area contributed by atoms with Gasteiger partial charge in [0.25, 0.3) is 0 Å². The van der Waals surface area contributed by atoms with Crippen LogP contribution in [0.15, 0.2) is 18.2 Å². The van der Waals surface area contributed by atoms with Gasteiger partial charge in [0, 0.05) is 18.8 Å². The second-order valence-electron chi connectivity index (χ2n) is 5.25. The lowest BCUT2D eigenvalue weighted by Crippen LogP contribution is -2.38. The van der Waals surface area contributed by atoms with Gasteiger partial charge in [-0.05, 0) is 37.6 Å². The van der Waals surface area contributed by atoms with Crippen LogP contribution in [0, 0.1) is 0 Å². The van der Waals surface area contributed by atoms with E-state index >= 15 is 0 Å². The molecule has 2 rings (SSSR count). The summed E-state index contributed by atoms with van der Waals surface area (Å²) in [7, 11) is 0. The summed E-state index contributed by atoms with van der Waals surface area (Å²) in [6.45, 7) is 4.84. The number of ether oxygens (including phenoxy) is 1. The molecule has 3 N–H and O–H groups in total. The smallest absolute Gasteiger partial charge is 0.238 e. The van der Waals surface area contributed by atoms with Crippen molar-refractivity contribution in [2.45, 2.75) is 25.9 Å². The highest BCUT2D eigenvalue weighted by atomic mass is 35.5. The summed E-state index contributed by atoms with van der Waals surface area (Å²) < 4.78 is 5.61. The number of likely N-dealkylation sites (N-methyl/N-ethyl adjacent to an activating group) is 1. The fraction of sp³-hybridized carbons (Fsp3) is 0.533. The van der Waals surface area contributed by atoms with Crippen molar-refractivity contribution in [2.75, 3.05) is 37.3 Å². The molecule has 0 radical (unpaired) electrons. The summed E-state index contributed by atoms with van der Waals surface area (Å²) >= 11 is 5.86. The molecule has 1 atom stereocenters. The van der Waals surface area contributed by atoms with Gasteiger partial charge in [-0.2, -0.15) is 0 Å². The molecule has 0 aromatic heterocycles. The van der Waals surface area contributed by atoms with Crippen molar-refractivity contribution in [1.82, 2.24) is 4.90 Å². The zero-order valence-corrected chi connectivity index (χ0v) is 13.0. The summed E-state index contributed by atoms with van der Waals surface area (Å²) in [4.78, 5) is 14.2. The first-order valence-electron chi connectivity index (χ1n) is 7.27. The monoisotopic (exact) mass is 311 g/mol. The Labute approximate surface area is 130 Å². The van der Waals surface area contributed by atoms with Crippen LogP contribution in [0.4, 0.5) is 11.4 Å². The molecule has 0 saturated carbocycles. The summed E-state index contributed by atoms with van der Waals surface area (Å²) in [5.74, 6) is -0.0587. The third kappa shape index (κ3) is 4.88. The lowest BCUT2D eigenvalue weighted by molar-refractivity contribution is -0.117. The first-order valence-corrected chi connectivity index (χ1v) is 7.65. The van der Waals surface area contributed by atoms with Gasteiger partial charge in [0.1, 0.15) is 0 Å². The van der Waals surface area contributed by atoms with E-state index in [2.05, 4.69) is 10.2 Å². The molecule has 1 heterocycles. The van der Waals surface area contributed by atoms with E-state index in [1.165, 1.54) is 0 Å². The normalized spacial score (nSPS) is 18.1. The Morgan fingerprint density at radius 3 is 3.00 bits per heavy atom. The van der Waals surface area contributed by atoms with Gasteiger partial charge < -0.3 is 15.8 Å². The number of benzene rings is 1. The fourth-order valence-corrected chi connectivity index (χ4v) is 2.52. The highest BCUT2D eigenvalue weighted by molar-refractivity contribution is 6.33. The third-order valence-electron chi connectivity index (χ3n) is 3.58. The largest absolute Gasteiger partial charge is 0.397 e. The highest BCUT2D eigenvalue weighted by Gasteiger charge is 2.19. The Morgan fingerprint density at radius 1 is 1.57 bits per heavy atom. The van der Waals surface area contributed by atoms with Crippen molar-refractivity contribution >= 4 is 28.9 Å². The minimum Gasteiger partial charge on any atom is -0.397 e. The quantitative estimate of drug-likeness (QED) is 0.791. The van der Waals surface area contributed by atoms with Gasteiger partial charge >= 0.3 is 0 Å². The average Bonchev–Trinajstić information content (AvgIpc) is 2.95. The lowest BCUT2D eigenvalue weighted by atomic mass is 10.2. The van der Waals surface area contributed by atoms with E-state index < -0.39 is 0 Å². The van der Waals surface area contributed by atoms with Crippen molar-refractivity contribution in [2.24, 2.45) is 0 Å². The fourth-order valence-electron chi connectivity index (χ4n) is 2.41. The lowest BCUT2D eigenvalue weighted by Gasteiger charge is -2.23. The Morgan fingerprint density at radius 2 is 2.38 bits per heavy atom. The van der Waals surface area contributed by atoms with Gasteiger partial charge in [0.15, 0.2) is 0 Å². The standard InChI is InChI=1S/C15H22ClN3O2/c1-2-19(9-12-4-3-7-21-12)10-15(20)18-11-5-6-13(16)14(17)8-11/h5-6,8,12H,2-4,7,9-10,17H2,1H3,(H,18,20). The maximum Gasteiger partial charge on any atom is 0.238 e. The molecule has 1 unspecified atom stereocenters. The molecule has 1 saturated heterocycles. The number of halogens is 1. The molecule has 116 valence electrons. The molecule has 0 spiro atoms. The van der Waals surface area contributed by atoms with Gasteiger partial charge in [-0.3, -0.25) is 9.69 Å². The molecular formula is C15H22ClN3O2. The van der Waals surface area contributed by atoms with E-state index in [0.717, 1.165) is 32.5 Å². The van der Waals surface area contributed by atoms with E-state index in [1.54, 1.807) is 18.2 Å². The zero-order chi connectivity index (χ0) is 15.2. The summed E-state index contributed by atoms with van der Waals surface area (Å²) in [5.41, 5.74) is 6.84. The van der Waals surface area contributed by atoms with Crippen molar-refractivity contribution in [1.29, 1.82) is 0 Å². The number of anilines is 2. The number of nitrogens with two attached hydrogens (primary N) is 1. The topological polar surface area (TPSA) is 67.6 Å². The third-order valence-corrected chi connectivity index (χ3v) is 3.92.